The summed E-state index contributed by atoms with van der Waals surface area (Å²) in [5.41, 5.74) is 6.71. The third kappa shape index (κ3) is 3.13. The lowest BCUT2D eigenvalue weighted by Gasteiger charge is -2.13. The molecule has 0 aliphatic carbocycles. The van der Waals surface area contributed by atoms with E-state index >= 15 is 0 Å². The molecule has 94 valence electrons. The van der Waals surface area contributed by atoms with E-state index < -0.39 is 0 Å². The molecule has 2 aromatic carbocycles. The molecule has 0 saturated heterocycles. The third-order valence-electron chi connectivity index (χ3n) is 2.52. The minimum absolute atomic E-state index is 0.182. The van der Waals surface area contributed by atoms with Gasteiger partial charge in [0.05, 0.1) is 4.90 Å². The Morgan fingerprint density at radius 1 is 1.17 bits per heavy atom. The highest BCUT2D eigenvalue weighted by atomic mass is 79.9. The highest BCUT2D eigenvalue weighted by Crippen LogP contribution is 2.35. The summed E-state index contributed by atoms with van der Waals surface area (Å²) < 4.78 is 14.9. The third-order valence-corrected chi connectivity index (χ3v) is 4.19. The minimum atomic E-state index is -0.224. The van der Waals surface area contributed by atoms with E-state index in [2.05, 4.69) is 15.9 Å². The van der Waals surface area contributed by atoms with Gasteiger partial charge in [-0.15, -0.1) is 0 Å². The van der Waals surface area contributed by atoms with Crippen LogP contribution in [0.15, 0.2) is 56.7 Å². The molecule has 0 amide bonds. The largest absolute Gasteiger partial charge is 0.324 e. The van der Waals surface area contributed by atoms with Gasteiger partial charge in [-0.25, -0.2) is 4.39 Å². The molecule has 0 aliphatic rings. The Balaban J connectivity index is 2.36. The number of nitrogens with two attached hydrogens (primary N) is 1. The average molecular weight is 326 g/mol. The fraction of sp³-hybridized carbons (Fsp3) is 0.143. The van der Waals surface area contributed by atoms with Crippen LogP contribution in [0.4, 0.5) is 4.39 Å². The summed E-state index contributed by atoms with van der Waals surface area (Å²) in [6.45, 7) is 1.86. The van der Waals surface area contributed by atoms with Gasteiger partial charge in [-0.3, -0.25) is 0 Å². The summed E-state index contributed by atoms with van der Waals surface area (Å²) in [5, 5.41) is 0. The molecule has 4 heteroatoms. The summed E-state index contributed by atoms with van der Waals surface area (Å²) in [5.74, 6) is -0.224. The second-order valence-corrected chi connectivity index (χ2v) is 6.00. The molecule has 2 aromatic rings. The lowest BCUT2D eigenvalue weighted by Crippen LogP contribution is -2.07. The maximum absolute atomic E-state index is 13.9. The van der Waals surface area contributed by atoms with E-state index in [1.807, 2.05) is 37.3 Å². The molecule has 1 nitrogen and oxygen atoms in total. The molecule has 0 bridgehead atoms. The van der Waals surface area contributed by atoms with Crippen LogP contribution < -0.4 is 5.73 Å². The Morgan fingerprint density at radius 2 is 1.83 bits per heavy atom. The molecule has 0 aliphatic heterocycles. The standard InChI is InChI=1S/C14H13BrFNS/c1-9(17)12-3-2-4-13(16)14(12)18-11-7-5-10(15)6-8-11/h2-9H,17H2,1H3/t9-/m0/s1. The van der Waals surface area contributed by atoms with Crippen molar-refractivity contribution >= 4 is 27.7 Å². The molecular weight excluding hydrogens is 313 g/mol. The van der Waals surface area contributed by atoms with Gasteiger partial charge in [-0.05, 0) is 42.8 Å². The highest BCUT2D eigenvalue weighted by molar-refractivity contribution is 9.10. The van der Waals surface area contributed by atoms with Crippen LogP contribution in [0.3, 0.4) is 0 Å². The first kappa shape index (κ1) is 13.6. The number of hydrogen-bond donors (Lipinski definition) is 1. The van der Waals surface area contributed by atoms with Gasteiger partial charge in [-0.2, -0.15) is 0 Å². The quantitative estimate of drug-likeness (QED) is 0.880. The fourth-order valence-corrected chi connectivity index (χ4v) is 2.92. The predicted octanol–water partition coefficient (Wildman–Crippen LogP) is 4.76. The highest BCUT2D eigenvalue weighted by Gasteiger charge is 2.12. The van der Waals surface area contributed by atoms with Crippen molar-refractivity contribution in [3.05, 3.63) is 58.3 Å². The van der Waals surface area contributed by atoms with Crippen LogP contribution in [0, 0.1) is 5.82 Å². The molecule has 0 spiro atoms. The van der Waals surface area contributed by atoms with Gasteiger partial charge in [0, 0.05) is 15.4 Å². The monoisotopic (exact) mass is 325 g/mol. The summed E-state index contributed by atoms with van der Waals surface area (Å²) in [6, 6.07) is 12.6. The van der Waals surface area contributed by atoms with Gasteiger partial charge in [-0.1, -0.05) is 39.8 Å². The van der Waals surface area contributed by atoms with Crippen molar-refractivity contribution < 1.29 is 4.39 Å². The van der Waals surface area contributed by atoms with E-state index in [-0.39, 0.29) is 11.9 Å². The Hall–Kier alpha value is -0.840. The summed E-state index contributed by atoms with van der Waals surface area (Å²) >= 11 is 4.78. The molecule has 0 fully saturated rings. The molecule has 2 N–H and O–H groups in total. The van der Waals surface area contributed by atoms with E-state index in [0.29, 0.717) is 4.90 Å². The van der Waals surface area contributed by atoms with Gasteiger partial charge in [0.15, 0.2) is 0 Å². The average Bonchev–Trinajstić information content (AvgIpc) is 2.34. The van der Waals surface area contributed by atoms with Crippen LogP contribution in [0.2, 0.25) is 0 Å². The lowest BCUT2D eigenvalue weighted by molar-refractivity contribution is 0.591. The van der Waals surface area contributed by atoms with Crippen LogP contribution in [0.25, 0.3) is 0 Å². The number of benzene rings is 2. The normalized spacial score (nSPS) is 12.4. The van der Waals surface area contributed by atoms with Crippen LogP contribution in [-0.2, 0) is 0 Å². The Bertz CT molecular complexity index is 540. The molecule has 0 heterocycles. The van der Waals surface area contributed by atoms with Crippen LogP contribution in [0.5, 0.6) is 0 Å². The molecule has 0 saturated carbocycles. The van der Waals surface area contributed by atoms with Gasteiger partial charge in [0.2, 0.25) is 0 Å². The minimum Gasteiger partial charge on any atom is -0.324 e. The summed E-state index contributed by atoms with van der Waals surface area (Å²) in [6.07, 6.45) is 0. The summed E-state index contributed by atoms with van der Waals surface area (Å²) in [4.78, 5) is 1.60. The van der Waals surface area contributed by atoms with Crippen molar-refractivity contribution in [2.75, 3.05) is 0 Å². The van der Waals surface area contributed by atoms with Crippen molar-refractivity contribution in [3.63, 3.8) is 0 Å². The van der Waals surface area contributed by atoms with Gasteiger partial charge in [0.25, 0.3) is 0 Å². The van der Waals surface area contributed by atoms with Gasteiger partial charge >= 0.3 is 0 Å². The molecule has 0 radical (unpaired) electrons. The summed E-state index contributed by atoms with van der Waals surface area (Å²) in [7, 11) is 0. The Labute approximate surface area is 119 Å². The van der Waals surface area contributed by atoms with Crippen molar-refractivity contribution in [3.8, 4) is 0 Å². The van der Waals surface area contributed by atoms with Crippen molar-refractivity contribution in [1.82, 2.24) is 0 Å². The molecular formula is C14H13BrFNS. The number of hydrogen-bond acceptors (Lipinski definition) is 2. The first-order valence-electron chi connectivity index (χ1n) is 5.55. The van der Waals surface area contributed by atoms with Crippen molar-refractivity contribution in [2.45, 2.75) is 22.8 Å². The lowest BCUT2D eigenvalue weighted by atomic mass is 10.1. The molecule has 0 aromatic heterocycles. The van der Waals surface area contributed by atoms with E-state index in [1.54, 1.807) is 6.07 Å². The van der Waals surface area contributed by atoms with Crippen LogP contribution in [0.1, 0.15) is 18.5 Å². The zero-order chi connectivity index (χ0) is 13.1. The Morgan fingerprint density at radius 3 is 2.44 bits per heavy atom. The molecule has 1 atom stereocenters. The smallest absolute Gasteiger partial charge is 0.137 e. The first-order valence-corrected chi connectivity index (χ1v) is 7.16. The maximum Gasteiger partial charge on any atom is 0.137 e. The van der Waals surface area contributed by atoms with Gasteiger partial charge in [0.1, 0.15) is 5.82 Å². The van der Waals surface area contributed by atoms with Crippen molar-refractivity contribution in [2.24, 2.45) is 5.73 Å². The number of rotatable bonds is 3. The maximum atomic E-state index is 13.9. The Kier molecular flexibility index (Phi) is 4.43. The second kappa shape index (κ2) is 5.87. The van der Waals surface area contributed by atoms with Gasteiger partial charge < -0.3 is 5.73 Å². The van der Waals surface area contributed by atoms with E-state index in [1.165, 1.54) is 17.8 Å². The fourth-order valence-electron chi connectivity index (χ4n) is 1.61. The zero-order valence-corrected chi connectivity index (χ0v) is 12.3. The van der Waals surface area contributed by atoms with E-state index in [0.717, 1.165) is 14.9 Å². The topological polar surface area (TPSA) is 26.0 Å². The zero-order valence-electron chi connectivity index (χ0n) is 9.86. The second-order valence-electron chi connectivity index (χ2n) is 4.00. The predicted molar refractivity (Wildman–Crippen MR) is 77.3 cm³/mol. The molecule has 18 heavy (non-hydrogen) atoms. The van der Waals surface area contributed by atoms with Crippen LogP contribution in [-0.4, -0.2) is 0 Å². The number of halogens is 2. The molecule has 2 rings (SSSR count). The van der Waals surface area contributed by atoms with Crippen LogP contribution >= 0.6 is 27.7 Å². The van der Waals surface area contributed by atoms with E-state index in [4.69, 9.17) is 5.73 Å². The first-order chi connectivity index (χ1) is 8.58. The molecule has 0 unspecified atom stereocenters. The van der Waals surface area contributed by atoms with E-state index in [9.17, 15) is 4.39 Å². The SMILES string of the molecule is C[C@H](N)c1cccc(F)c1Sc1ccc(Br)cc1. The van der Waals surface area contributed by atoms with Crippen molar-refractivity contribution in [1.29, 1.82) is 0 Å².